The van der Waals surface area contributed by atoms with E-state index in [-0.39, 0.29) is 5.82 Å². The van der Waals surface area contributed by atoms with Gasteiger partial charge in [0.05, 0.1) is 0 Å². The van der Waals surface area contributed by atoms with Crippen molar-refractivity contribution in [3.8, 4) is 0 Å². The minimum Gasteiger partial charge on any atom is -0.311 e. The van der Waals surface area contributed by atoms with Crippen molar-refractivity contribution in [2.24, 2.45) is 0 Å². The van der Waals surface area contributed by atoms with Crippen LogP contribution < -0.4 is 5.32 Å². The molecule has 1 aromatic carbocycles. The average molecular weight is 303 g/mol. The van der Waals surface area contributed by atoms with Crippen LogP contribution in [0.1, 0.15) is 19.4 Å². The Labute approximate surface area is 111 Å². The third-order valence-corrected chi connectivity index (χ3v) is 3.57. The maximum Gasteiger partial charge on any atom is 0.124 e. The van der Waals surface area contributed by atoms with Crippen LogP contribution in [-0.4, -0.2) is 31.1 Å². The summed E-state index contributed by atoms with van der Waals surface area (Å²) in [6.45, 7) is 9.26. The number of benzene rings is 1. The van der Waals surface area contributed by atoms with Crippen molar-refractivity contribution < 1.29 is 4.39 Å². The monoisotopic (exact) mass is 302 g/mol. The molecule has 0 bridgehead atoms. The molecule has 0 spiro atoms. The molecule has 0 saturated carbocycles. The summed E-state index contributed by atoms with van der Waals surface area (Å²) >= 11 is 3.37. The lowest BCUT2D eigenvalue weighted by Gasteiger charge is -2.18. The molecule has 0 aliphatic heterocycles. The number of halogens is 2. The van der Waals surface area contributed by atoms with Gasteiger partial charge in [-0.15, -0.1) is 0 Å². The SMILES string of the molecule is CCN(CC)CCNCc1ccc(F)cc1Br. The van der Waals surface area contributed by atoms with Crippen LogP contribution in [0.3, 0.4) is 0 Å². The first-order valence-corrected chi connectivity index (χ1v) is 6.83. The first-order chi connectivity index (χ1) is 8.17. The molecule has 0 amide bonds. The van der Waals surface area contributed by atoms with Gasteiger partial charge in [0.2, 0.25) is 0 Å². The number of nitrogens with one attached hydrogen (secondary N) is 1. The summed E-state index contributed by atoms with van der Waals surface area (Å²) in [6, 6.07) is 4.80. The summed E-state index contributed by atoms with van der Waals surface area (Å²) in [7, 11) is 0. The molecule has 0 heterocycles. The Morgan fingerprint density at radius 1 is 1.29 bits per heavy atom. The predicted molar refractivity (Wildman–Crippen MR) is 73.6 cm³/mol. The number of hydrogen-bond acceptors (Lipinski definition) is 2. The minimum absolute atomic E-state index is 0.205. The van der Waals surface area contributed by atoms with Crippen LogP contribution in [0.4, 0.5) is 4.39 Å². The molecule has 0 radical (unpaired) electrons. The Morgan fingerprint density at radius 2 is 2.00 bits per heavy atom. The first-order valence-electron chi connectivity index (χ1n) is 6.04. The van der Waals surface area contributed by atoms with Gasteiger partial charge in [0.1, 0.15) is 5.82 Å². The van der Waals surface area contributed by atoms with Gasteiger partial charge in [-0.3, -0.25) is 0 Å². The summed E-state index contributed by atoms with van der Waals surface area (Å²) in [5.74, 6) is -0.205. The van der Waals surface area contributed by atoms with E-state index in [0.29, 0.717) is 0 Å². The number of rotatable bonds is 7. The van der Waals surface area contributed by atoms with Crippen molar-refractivity contribution in [1.82, 2.24) is 10.2 Å². The lowest BCUT2D eigenvalue weighted by atomic mass is 10.2. The van der Waals surface area contributed by atoms with E-state index in [0.717, 1.165) is 42.8 Å². The molecule has 1 N–H and O–H groups in total. The van der Waals surface area contributed by atoms with Crippen molar-refractivity contribution in [3.05, 3.63) is 34.1 Å². The third kappa shape index (κ3) is 5.15. The molecule has 4 heteroatoms. The van der Waals surface area contributed by atoms with E-state index in [2.05, 4.69) is 40.0 Å². The lowest BCUT2D eigenvalue weighted by Crippen LogP contribution is -2.31. The predicted octanol–water partition coefficient (Wildman–Crippen LogP) is 3.02. The van der Waals surface area contributed by atoms with E-state index in [9.17, 15) is 4.39 Å². The summed E-state index contributed by atoms with van der Waals surface area (Å²) in [6.07, 6.45) is 0. The minimum atomic E-state index is -0.205. The van der Waals surface area contributed by atoms with Gasteiger partial charge in [0.25, 0.3) is 0 Å². The fourth-order valence-electron chi connectivity index (χ4n) is 1.67. The molecule has 1 rings (SSSR count). The molecule has 0 saturated heterocycles. The number of nitrogens with zero attached hydrogens (tertiary/aromatic N) is 1. The summed E-state index contributed by atoms with van der Waals surface area (Å²) in [5.41, 5.74) is 1.09. The van der Waals surface area contributed by atoms with E-state index >= 15 is 0 Å². The second kappa shape index (κ2) is 7.80. The first kappa shape index (κ1) is 14.6. The van der Waals surface area contributed by atoms with Crippen molar-refractivity contribution in [2.75, 3.05) is 26.2 Å². The highest BCUT2D eigenvalue weighted by Gasteiger charge is 2.02. The fraction of sp³-hybridized carbons (Fsp3) is 0.538. The van der Waals surface area contributed by atoms with Gasteiger partial charge in [-0.2, -0.15) is 0 Å². The molecule has 0 fully saturated rings. The fourth-order valence-corrected chi connectivity index (χ4v) is 2.16. The molecule has 0 aromatic heterocycles. The van der Waals surface area contributed by atoms with Gasteiger partial charge < -0.3 is 10.2 Å². The Hall–Kier alpha value is -0.450. The number of hydrogen-bond donors (Lipinski definition) is 1. The van der Waals surface area contributed by atoms with Crippen LogP contribution in [0, 0.1) is 5.82 Å². The van der Waals surface area contributed by atoms with Crippen LogP contribution in [0.25, 0.3) is 0 Å². The normalized spacial score (nSPS) is 11.1. The molecule has 96 valence electrons. The zero-order valence-electron chi connectivity index (χ0n) is 10.5. The highest BCUT2D eigenvalue weighted by molar-refractivity contribution is 9.10. The van der Waals surface area contributed by atoms with Crippen molar-refractivity contribution >= 4 is 15.9 Å². The van der Waals surface area contributed by atoms with E-state index < -0.39 is 0 Å². The van der Waals surface area contributed by atoms with Gasteiger partial charge in [0, 0.05) is 24.1 Å². The standard InChI is InChI=1S/C13H20BrFN2/c1-3-17(4-2)8-7-16-10-11-5-6-12(15)9-13(11)14/h5-6,9,16H,3-4,7-8,10H2,1-2H3. The molecule has 0 atom stereocenters. The second-order valence-corrected chi connectivity index (χ2v) is 4.79. The van der Waals surface area contributed by atoms with Crippen molar-refractivity contribution in [1.29, 1.82) is 0 Å². The molecule has 0 aliphatic carbocycles. The van der Waals surface area contributed by atoms with E-state index in [1.54, 1.807) is 0 Å². The summed E-state index contributed by atoms with van der Waals surface area (Å²) in [5, 5.41) is 3.37. The van der Waals surface area contributed by atoms with Gasteiger partial charge in [-0.25, -0.2) is 4.39 Å². The zero-order valence-corrected chi connectivity index (χ0v) is 12.1. The Kier molecular flexibility index (Phi) is 6.70. The van der Waals surface area contributed by atoms with E-state index in [4.69, 9.17) is 0 Å². The van der Waals surface area contributed by atoms with E-state index in [1.807, 2.05) is 6.07 Å². The summed E-state index contributed by atoms with van der Waals surface area (Å²) in [4.78, 5) is 2.37. The summed E-state index contributed by atoms with van der Waals surface area (Å²) < 4.78 is 13.7. The highest BCUT2D eigenvalue weighted by Crippen LogP contribution is 2.17. The van der Waals surface area contributed by atoms with Crippen molar-refractivity contribution in [3.63, 3.8) is 0 Å². The maximum atomic E-state index is 12.9. The van der Waals surface area contributed by atoms with E-state index in [1.165, 1.54) is 12.1 Å². The van der Waals surface area contributed by atoms with Gasteiger partial charge in [0.15, 0.2) is 0 Å². The zero-order chi connectivity index (χ0) is 12.7. The largest absolute Gasteiger partial charge is 0.311 e. The quantitative estimate of drug-likeness (QED) is 0.779. The van der Waals surface area contributed by atoms with Crippen LogP contribution in [0.2, 0.25) is 0 Å². The maximum absolute atomic E-state index is 12.9. The van der Waals surface area contributed by atoms with Crippen molar-refractivity contribution in [2.45, 2.75) is 20.4 Å². The van der Waals surface area contributed by atoms with Crippen LogP contribution in [-0.2, 0) is 6.54 Å². The number of likely N-dealkylation sites (N-methyl/N-ethyl adjacent to an activating group) is 1. The molecule has 0 aliphatic rings. The molecule has 17 heavy (non-hydrogen) atoms. The van der Waals surface area contributed by atoms with Crippen LogP contribution in [0.15, 0.2) is 22.7 Å². The Morgan fingerprint density at radius 3 is 2.59 bits per heavy atom. The third-order valence-electron chi connectivity index (χ3n) is 2.83. The molecule has 1 aromatic rings. The van der Waals surface area contributed by atoms with Gasteiger partial charge >= 0.3 is 0 Å². The molecular formula is C13H20BrFN2. The van der Waals surface area contributed by atoms with Crippen LogP contribution in [0.5, 0.6) is 0 Å². The van der Waals surface area contributed by atoms with Crippen LogP contribution >= 0.6 is 15.9 Å². The molecular weight excluding hydrogens is 283 g/mol. The topological polar surface area (TPSA) is 15.3 Å². The highest BCUT2D eigenvalue weighted by atomic mass is 79.9. The van der Waals surface area contributed by atoms with Gasteiger partial charge in [-0.05, 0) is 30.8 Å². The lowest BCUT2D eigenvalue weighted by molar-refractivity contribution is 0.302. The molecule has 2 nitrogen and oxygen atoms in total. The molecule has 0 unspecified atom stereocenters. The average Bonchev–Trinajstić information content (AvgIpc) is 2.32. The Balaban J connectivity index is 2.31. The Bertz CT molecular complexity index is 340. The smallest absolute Gasteiger partial charge is 0.124 e. The second-order valence-electron chi connectivity index (χ2n) is 3.94. The van der Waals surface area contributed by atoms with Gasteiger partial charge in [-0.1, -0.05) is 35.8 Å².